The standard InChI is InChI=1S/C17H25N3/c1-5-17(15-9-7-13(3)8-10-15)19-14(4)16-11-18-20(6-2)12-16/h7-12,14,17,19H,5-6H2,1-4H3. The van der Waals surface area contributed by atoms with Gasteiger partial charge in [-0.05, 0) is 32.8 Å². The van der Waals surface area contributed by atoms with Crippen molar-refractivity contribution in [2.45, 2.75) is 52.7 Å². The zero-order valence-corrected chi connectivity index (χ0v) is 12.9. The lowest BCUT2D eigenvalue weighted by molar-refractivity contribution is 0.456. The average Bonchev–Trinajstić information content (AvgIpc) is 2.94. The van der Waals surface area contributed by atoms with Crippen molar-refractivity contribution in [2.75, 3.05) is 0 Å². The van der Waals surface area contributed by atoms with E-state index >= 15 is 0 Å². The van der Waals surface area contributed by atoms with E-state index in [4.69, 9.17) is 0 Å². The van der Waals surface area contributed by atoms with Gasteiger partial charge >= 0.3 is 0 Å². The molecule has 108 valence electrons. The van der Waals surface area contributed by atoms with Gasteiger partial charge in [0.25, 0.3) is 0 Å². The maximum absolute atomic E-state index is 4.35. The third-order valence-corrected chi connectivity index (χ3v) is 3.82. The Balaban J connectivity index is 2.07. The summed E-state index contributed by atoms with van der Waals surface area (Å²) in [5.41, 5.74) is 3.91. The maximum Gasteiger partial charge on any atom is 0.0537 e. The van der Waals surface area contributed by atoms with E-state index in [0.29, 0.717) is 12.1 Å². The van der Waals surface area contributed by atoms with Crippen LogP contribution in [0.3, 0.4) is 0 Å². The average molecular weight is 271 g/mol. The summed E-state index contributed by atoms with van der Waals surface area (Å²) in [6.45, 7) is 9.57. The van der Waals surface area contributed by atoms with Gasteiger partial charge in [-0.3, -0.25) is 4.68 Å². The maximum atomic E-state index is 4.35. The number of aryl methyl sites for hydroxylation is 2. The Morgan fingerprint density at radius 2 is 1.85 bits per heavy atom. The number of hydrogen-bond acceptors (Lipinski definition) is 2. The molecule has 20 heavy (non-hydrogen) atoms. The Bertz CT molecular complexity index is 527. The molecule has 1 heterocycles. The highest BCUT2D eigenvalue weighted by atomic mass is 15.3. The number of aromatic nitrogens is 2. The molecule has 0 amide bonds. The van der Waals surface area contributed by atoms with Gasteiger partial charge in [-0.25, -0.2) is 0 Å². The van der Waals surface area contributed by atoms with Gasteiger partial charge in [0.15, 0.2) is 0 Å². The molecule has 0 spiro atoms. The van der Waals surface area contributed by atoms with Crippen molar-refractivity contribution < 1.29 is 0 Å². The van der Waals surface area contributed by atoms with Crippen LogP contribution in [0.1, 0.15) is 56.0 Å². The van der Waals surface area contributed by atoms with Crippen LogP contribution in [0.25, 0.3) is 0 Å². The van der Waals surface area contributed by atoms with Crippen LogP contribution in [0.2, 0.25) is 0 Å². The van der Waals surface area contributed by atoms with Gasteiger partial charge in [-0.15, -0.1) is 0 Å². The van der Waals surface area contributed by atoms with Gasteiger partial charge in [0.05, 0.1) is 6.20 Å². The van der Waals surface area contributed by atoms with Gasteiger partial charge < -0.3 is 5.32 Å². The minimum atomic E-state index is 0.307. The third kappa shape index (κ3) is 3.48. The first-order valence-corrected chi connectivity index (χ1v) is 7.49. The van der Waals surface area contributed by atoms with E-state index in [-0.39, 0.29) is 0 Å². The van der Waals surface area contributed by atoms with Crippen molar-refractivity contribution in [3.63, 3.8) is 0 Å². The number of nitrogens with one attached hydrogen (secondary N) is 1. The predicted octanol–water partition coefficient (Wildman–Crippen LogP) is 4.01. The van der Waals surface area contributed by atoms with E-state index in [1.807, 2.05) is 10.9 Å². The Morgan fingerprint density at radius 1 is 1.15 bits per heavy atom. The second-order valence-corrected chi connectivity index (χ2v) is 5.39. The summed E-state index contributed by atoms with van der Waals surface area (Å²) in [5.74, 6) is 0. The molecule has 2 aromatic rings. The van der Waals surface area contributed by atoms with Crippen LogP contribution >= 0.6 is 0 Å². The molecule has 3 heteroatoms. The van der Waals surface area contributed by atoms with Crippen LogP contribution in [0.5, 0.6) is 0 Å². The van der Waals surface area contributed by atoms with E-state index in [0.717, 1.165) is 13.0 Å². The minimum absolute atomic E-state index is 0.307. The molecule has 0 saturated heterocycles. The van der Waals surface area contributed by atoms with Crippen molar-refractivity contribution in [3.05, 3.63) is 53.3 Å². The molecule has 2 rings (SSSR count). The Hall–Kier alpha value is -1.61. The lowest BCUT2D eigenvalue weighted by atomic mass is 10.0. The van der Waals surface area contributed by atoms with Crippen LogP contribution in [0.4, 0.5) is 0 Å². The smallest absolute Gasteiger partial charge is 0.0537 e. The molecular weight excluding hydrogens is 246 g/mol. The van der Waals surface area contributed by atoms with Crippen LogP contribution < -0.4 is 5.32 Å². The molecule has 1 aromatic carbocycles. The van der Waals surface area contributed by atoms with Crippen LogP contribution in [0, 0.1) is 6.92 Å². The van der Waals surface area contributed by atoms with E-state index in [2.05, 4.69) is 68.6 Å². The lowest BCUT2D eigenvalue weighted by Gasteiger charge is -2.22. The topological polar surface area (TPSA) is 29.9 Å². The Labute approximate surface area is 122 Å². The molecule has 0 fully saturated rings. The van der Waals surface area contributed by atoms with Gasteiger partial charge in [-0.1, -0.05) is 36.8 Å². The van der Waals surface area contributed by atoms with Gasteiger partial charge in [0, 0.05) is 30.4 Å². The molecule has 2 atom stereocenters. The van der Waals surface area contributed by atoms with Gasteiger partial charge in [0.1, 0.15) is 0 Å². The molecule has 0 saturated carbocycles. The molecule has 0 radical (unpaired) electrons. The second-order valence-electron chi connectivity index (χ2n) is 5.39. The van der Waals surface area contributed by atoms with E-state index < -0.39 is 0 Å². The van der Waals surface area contributed by atoms with Crippen LogP contribution in [-0.4, -0.2) is 9.78 Å². The minimum Gasteiger partial charge on any atom is -0.303 e. The highest BCUT2D eigenvalue weighted by Crippen LogP contribution is 2.22. The molecule has 1 N–H and O–H groups in total. The van der Waals surface area contributed by atoms with Crippen molar-refractivity contribution >= 4 is 0 Å². The summed E-state index contributed by atoms with van der Waals surface area (Å²) >= 11 is 0. The fourth-order valence-corrected chi connectivity index (χ4v) is 2.42. The normalized spacial score (nSPS) is 14.2. The molecule has 0 aliphatic rings. The van der Waals surface area contributed by atoms with E-state index in [9.17, 15) is 0 Å². The highest BCUT2D eigenvalue weighted by molar-refractivity contribution is 5.24. The van der Waals surface area contributed by atoms with Crippen molar-refractivity contribution in [3.8, 4) is 0 Å². The van der Waals surface area contributed by atoms with Crippen LogP contribution in [0.15, 0.2) is 36.7 Å². The fourth-order valence-electron chi connectivity index (χ4n) is 2.42. The number of hydrogen-bond donors (Lipinski definition) is 1. The van der Waals surface area contributed by atoms with Crippen molar-refractivity contribution in [1.29, 1.82) is 0 Å². The molecule has 0 bridgehead atoms. The van der Waals surface area contributed by atoms with Crippen molar-refractivity contribution in [1.82, 2.24) is 15.1 Å². The SMILES string of the molecule is CCC(NC(C)c1cnn(CC)c1)c1ccc(C)cc1. The first kappa shape index (κ1) is 14.8. The quantitative estimate of drug-likeness (QED) is 0.860. The molecular formula is C17H25N3. The van der Waals surface area contributed by atoms with E-state index in [1.165, 1.54) is 16.7 Å². The van der Waals surface area contributed by atoms with E-state index in [1.54, 1.807) is 0 Å². The fraction of sp³-hybridized carbons (Fsp3) is 0.471. The highest BCUT2D eigenvalue weighted by Gasteiger charge is 2.14. The Morgan fingerprint density at radius 3 is 2.40 bits per heavy atom. The number of benzene rings is 1. The number of rotatable bonds is 6. The largest absolute Gasteiger partial charge is 0.303 e. The summed E-state index contributed by atoms with van der Waals surface area (Å²) in [6, 6.07) is 9.49. The molecule has 1 aromatic heterocycles. The summed E-state index contributed by atoms with van der Waals surface area (Å²) < 4.78 is 1.97. The third-order valence-electron chi connectivity index (χ3n) is 3.82. The van der Waals surface area contributed by atoms with Crippen LogP contribution in [-0.2, 0) is 6.54 Å². The van der Waals surface area contributed by atoms with Crippen molar-refractivity contribution in [2.24, 2.45) is 0 Å². The summed E-state index contributed by atoms with van der Waals surface area (Å²) in [6.07, 6.45) is 5.16. The van der Waals surface area contributed by atoms with Gasteiger partial charge in [0.2, 0.25) is 0 Å². The zero-order valence-electron chi connectivity index (χ0n) is 12.9. The molecule has 0 aliphatic carbocycles. The van der Waals surface area contributed by atoms with Gasteiger partial charge in [-0.2, -0.15) is 5.10 Å². The summed E-state index contributed by atoms with van der Waals surface area (Å²) in [4.78, 5) is 0. The summed E-state index contributed by atoms with van der Waals surface area (Å²) in [7, 11) is 0. The molecule has 3 nitrogen and oxygen atoms in total. The second kappa shape index (κ2) is 6.71. The first-order valence-electron chi connectivity index (χ1n) is 7.49. The molecule has 0 aliphatic heterocycles. The lowest BCUT2D eigenvalue weighted by Crippen LogP contribution is -2.24. The zero-order chi connectivity index (χ0) is 14.5. The molecule has 2 unspecified atom stereocenters. The monoisotopic (exact) mass is 271 g/mol. The Kier molecular flexibility index (Phi) is 4.96. The summed E-state index contributed by atoms with van der Waals surface area (Å²) in [5, 5.41) is 8.05. The number of nitrogens with zero attached hydrogens (tertiary/aromatic N) is 2. The predicted molar refractivity (Wildman–Crippen MR) is 83.7 cm³/mol. The first-order chi connectivity index (χ1) is 9.63.